The van der Waals surface area contributed by atoms with Gasteiger partial charge in [-0.15, -0.1) is 0 Å². The molecule has 0 aliphatic heterocycles. The van der Waals surface area contributed by atoms with Crippen LogP contribution in [0.2, 0.25) is 0 Å². The number of hydrogen-bond acceptors (Lipinski definition) is 4. The van der Waals surface area contributed by atoms with Crippen molar-refractivity contribution in [1.29, 1.82) is 0 Å². The average Bonchev–Trinajstić information content (AvgIpc) is 2.65. The molecule has 2 heterocycles. The van der Waals surface area contributed by atoms with Gasteiger partial charge in [-0.05, 0) is 38.5 Å². The van der Waals surface area contributed by atoms with Crippen LogP contribution in [0.15, 0.2) is 24.5 Å². The molecule has 0 fully saturated rings. The highest BCUT2D eigenvalue weighted by Crippen LogP contribution is 2.25. The summed E-state index contributed by atoms with van der Waals surface area (Å²) in [5.41, 5.74) is 8.79. The van der Waals surface area contributed by atoms with E-state index in [2.05, 4.69) is 29.2 Å². The van der Waals surface area contributed by atoms with Gasteiger partial charge in [0.15, 0.2) is 0 Å². The van der Waals surface area contributed by atoms with E-state index in [1.54, 1.807) is 12.4 Å². The summed E-state index contributed by atoms with van der Waals surface area (Å²) in [5, 5.41) is 7.79. The summed E-state index contributed by atoms with van der Waals surface area (Å²) >= 11 is 0. The molecule has 5 nitrogen and oxygen atoms in total. The predicted molar refractivity (Wildman–Crippen MR) is 73.3 cm³/mol. The van der Waals surface area contributed by atoms with E-state index in [1.165, 1.54) is 5.56 Å². The number of nitrogens with one attached hydrogen (secondary N) is 1. The maximum absolute atomic E-state index is 6.05. The van der Waals surface area contributed by atoms with Crippen LogP contribution in [-0.2, 0) is 6.54 Å². The number of aryl methyl sites for hydroxylation is 1. The minimum Gasteiger partial charge on any atom is -0.394 e. The van der Waals surface area contributed by atoms with Crippen molar-refractivity contribution in [3.63, 3.8) is 0 Å². The summed E-state index contributed by atoms with van der Waals surface area (Å²) in [7, 11) is 0. The van der Waals surface area contributed by atoms with Crippen LogP contribution in [0.4, 0.5) is 11.5 Å². The molecular weight excluding hydrogens is 226 g/mol. The van der Waals surface area contributed by atoms with E-state index < -0.39 is 0 Å². The maximum Gasteiger partial charge on any atom is 0.148 e. The standard InChI is InChI=1S/C13H19N5/c1-9(2)18-13(12(14)10(3)17-18)16-8-11-4-6-15-7-5-11/h4-7,9,16H,8,14H2,1-3H3. The monoisotopic (exact) mass is 245 g/mol. The second-order valence-corrected chi connectivity index (χ2v) is 4.60. The van der Waals surface area contributed by atoms with Crippen molar-refractivity contribution in [2.24, 2.45) is 0 Å². The highest BCUT2D eigenvalue weighted by Gasteiger charge is 2.14. The molecule has 0 amide bonds. The average molecular weight is 245 g/mol. The summed E-state index contributed by atoms with van der Waals surface area (Å²) in [6.45, 7) is 6.81. The van der Waals surface area contributed by atoms with Gasteiger partial charge in [0, 0.05) is 25.0 Å². The molecule has 0 saturated heterocycles. The molecule has 0 bridgehead atoms. The first-order chi connectivity index (χ1) is 8.59. The lowest BCUT2D eigenvalue weighted by Crippen LogP contribution is -2.11. The van der Waals surface area contributed by atoms with Gasteiger partial charge in [-0.1, -0.05) is 0 Å². The third-order valence-corrected chi connectivity index (χ3v) is 2.83. The normalized spacial score (nSPS) is 10.9. The maximum atomic E-state index is 6.05. The van der Waals surface area contributed by atoms with Gasteiger partial charge in [0.05, 0.1) is 11.4 Å². The van der Waals surface area contributed by atoms with Crippen molar-refractivity contribution in [3.05, 3.63) is 35.8 Å². The Morgan fingerprint density at radius 3 is 2.61 bits per heavy atom. The quantitative estimate of drug-likeness (QED) is 0.867. The van der Waals surface area contributed by atoms with Crippen molar-refractivity contribution < 1.29 is 0 Å². The zero-order chi connectivity index (χ0) is 13.1. The zero-order valence-corrected chi connectivity index (χ0v) is 11.0. The smallest absolute Gasteiger partial charge is 0.148 e. The number of hydrogen-bond donors (Lipinski definition) is 2. The first kappa shape index (κ1) is 12.4. The Balaban J connectivity index is 2.19. The molecule has 18 heavy (non-hydrogen) atoms. The summed E-state index contributed by atoms with van der Waals surface area (Å²) in [5.74, 6) is 0.888. The molecule has 2 aromatic rings. The van der Waals surface area contributed by atoms with Crippen molar-refractivity contribution in [3.8, 4) is 0 Å². The number of rotatable bonds is 4. The largest absolute Gasteiger partial charge is 0.394 e. The summed E-state index contributed by atoms with van der Waals surface area (Å²) < 4.78 is 1.92. The highest BCUT2D eigenvalue weighted by molar-refractivity contribution is 5.65. The molecule has 0 aliphatic rings. The Kier molecular flexibility index (Phi) is 3.50. The van der Waals surface area contributed by atoms with E-state index in [4.69, 9.17) is 5.73 Å². The molecule has 96 valence electrons. The highest BCUT2D eigenvalue weighted by atomic mass is 15.4. The molecule has 2 rings (SSSR count). The lowest BCUT2D eigenvalue weighted by molar-refractivity contribution is 0.534. The van der Waals surface area contributed by atoms with Crippen LogP contribution >= 0.6 is 0 Å². The minimum absolute atomic E-state index is 0.279. The fraction of sp³-hybridized carbons (Fsp3) is 0.385. The van der Waals surface area contributed by atoms with Crippen molar-refractivity contribution >= 4 is 11.5 Å². The Labute approximate surface area is 107 Å². The lowest BCUT2D eigenvalue weighted by atomic mass is 10.2. The SMILES string of the molecule is Cc1nn(C(C)C)c(NCc2ccncc2)c1N. The van der Waals surface area contributed by atoms with Gasteiger partial charge >= 0.3 is 0 Å². The third kappa shape index (κ3) is 2.45. The molecule has 0 atom stereocenters. The number of anilines is 2. The molecule has 3 N–H and O–H groups in total. The van der Waals surface area contributed by atoms with E-state index in [-0.39, 0.29) is 6.04 Å². The zero-order valence-electron chi connectivity index (χ0n) is 11.0. The fourth-order valence-electron chi connectivity index (χ4n) is 1.80. The molecular formula is C13H19N5. The van der Waals surface area contributed by atoms with Gasteiger partial charge in [0.25, 0.3) is 0 Å². The van der Waals surface area contributed by atoms with E-state index in [1.807, 2.05) is 23.7 Å². The van der Waals surface area contributed by atoms with Crippen molar-refractivity contribution in [2.45, 2.75) is 33.4 Å². The predicted octanol–water partition coefficient (Wildman–Crippen LogP) is 2.36. The fourth-order valence-corrected chi connectivity index (χ4v) is 1.80. The van der Waals surface area contributed by atoms with Gasteiger partial charge in [-0.2, -0.15) is 5.10 Å². The number of nitrogen functional groups attached to an aromatic ring is 1. The van der Waals surface area contributed by atoms with Gasteiger partial charge in [0.2, 0.25) is 0 Å². The Morgan fingerprint density at radius 2 is 2.00 bits per heavy atom. The van der Waals surface area contributed by atoms with Crippen LogP contribution in [0.3, 0.4) is 0 Å². The Morgan fingerprint density at radius 1 is 1.33 bits per heavy atom. The van der Waals surface area contributed by atoms with Crippen LogP contribution < -0.4 is 11.1 Å². The van der Waals surface area contributed by atoms with Gasteiger partial charge in [-0.3, -0.25) is 4.98 Å². The van der Waals surface area contributed by atoms with E-state index >= 15 is 0 Å². The van der Waals surface area contributed by atoms with E-state index in [0.717, 1.165) is 17.2 Å². The molecule has 0 saturated carbocycles. The second kappa shape index (κ2) is 5.08. The molecule has 5 heteroatoms. The molecule has 2 aromatic heterocycles. The van der Waals surface area contributed by atoms with Crippen LogP contribution in [-0.4, -0.2) is 14.8 Å². The van der Waals surface area contributed by atoms with Crippen molar-refractivity contribution in [1.82, 2.24) is 14.8 Å². The van der Waals surface area contributed by atoms with Gasteiger partial charge < -0.3 is 11.1 Å². The first-order valence-electron chi connectivity index (χ1n) is 6.07. The Bertz CT molecular complexity index is 516. The molecule has 0 aromatic carbocycles. The van der Waals surface area contributed by atoms with E-state index in [0.29, 0.717) is 6.54 Å². The first-order valence-corrected chi connectivity index (χ1v) is 6.07. The van der Waals surface area contributed by atoms with Crippen LogP contribution in [0.25, 0.3) is 0 Å². The number of pyridine rings is 1. The van der Waals surface area contributed by atoms with Gasteiger partial charge in [-0.25, -0.2) is 4.68 Å². The van der Waals surface area contributed by atoms with Gasteiger partial charge in [0.1, 0.15) is 5.82 Å². The molecule has 0 aliphatic carbocycles. The molecule has 0 unspecified atom stereocenters. The summed E-state index contributed by atoms with van der Waals surface area (Å²) in [6, 6.07) is 4.24. The third-order valence-electron chi connectivity index (χ3n) is 2.83. The van der Waals surface area contributed by atoms with Crippen LogP contribution in [0.1, 0.15) is 31.1 Å². The van der Waals surface area contributed by atoms with E-state index in [9.17, 15) is 0 Å². The molecule has 0 spiro atoms. The summed E-state index contributed by atoms with van der Waals surface area (Å²) in [6.07, 6.45) is 3.57. The van der Waals surface area contributed by atoms with Crippen LogP contribution in [0.5, 0.6) is 0 Å². The van der Waals surface area contributed by atoms with Crippen molar-refractivity contribution in [2.75, 3.05) is 11.1 Å². The second-order valence-electron chi connectivity index (χ2n) is 4.60. The van der Waals surface area contributed by atoms with Crippen LogP contribution in [0, 0.1) is 6.92 Å². The summed E-state index contributed by atoms with van der Waals surface area (Å²) in [4.78, 5) is 4.00. The lowest BCUT2D eigenvalue weighted by Gasteiger charge is -2.13. The Hall–Kier alpha value is -2.04. The number of nitrogens with zero attached hydrogens (tertiary/aromatic N) is 3. The topological polar surface area (TPSA) is 68.8 Å². The number of aromatic nitrogens is 3. The number of nitrogens with two attached hydrogens (primary N) is 1. The molecule has 0 radical (unpaired) electrons. The minimum atomic E-state index is 0.279.